The van der Waals surface area contributed by atoms with Crippen molar-refractivity contribution in [2.45, 2.75) is 13.0 Å². The van der Waals surface area contributed by atoms with Crippen LogP contribution in [0.2, 0.25) is 0 Å². The Morgan fingerprint density at radius 1 is 0.955 bits per heavy atom. The predicted molar refractivity (Wildman–Crippen MR) is 73.6 cm³/mol. The van der Waals surface area contributed by atoms with Crippen LogP contribution in [0.1, 0.15) is 5.56 Å². The zero-order valence-corrected chi connectivity index (χ0v) is 11.3. The molecular weight excluding hydrogens is 292 g/mol. The highest BCUT2D eigenvalue weighted by molar-refractivity contribution is 6.18. The van der Waals surface area contributed by atoms with Crippen molar-refractivity contribution in [1.82, 2.24) is 20.6 Å². The zero-order valence-electron chi connectivity index (χ0n) is 11.3. The maximum atomic E-state index is 11.5. The number of hydrogen-bond acceptors (Lipinski definition) is 6. The second-order valence-corrected chi connectivity index (χ2v) is 4.69. The summed E-state index contributed by atoms with van der Waals surface area (Å²) >= 11 is 0. The molecule has 10 nitrogen and oxygen atoms in total. The van der Waals surface area contributed by atoms with Gasteiger partial charge in [-0.2, -0.15) is 10.2 Å². The van der Waals surface area contributed by atoms with Crippen LogP contribution in [0.25, 0.3) is 11.0 Å². The largest absolute Gasteiger partial charge is 0.328 e. The molecular formula is C12H10N6O4. The van der Waals surface area contributed by atoms with Gasteiger partial charge in [-0.3, -0.25) is 20.2 Å². The third kappa shape index (κ3) is 2.37. The normalized spacial score (nSPS) is 16.3. The first-order chi connectivity index (χ1) is 10.4. The van der Waals surface area contributed by atoms with Gasteiger partial charge in [-0.15, -0.1) is 0 Å². The van der Waals surface area contributed by atoms with E-state index in [-0.39, 0.29) is 5.69 Å². The van der Waals surface area contributed by atoms with Crippen LogP contribution in [-0.4, -0.2) is 33.9 Å². The van der Waals surface area contributed by atoms with Gasteiger partial charge in [0.2, 0.25) is 6.04 Å². The lowest BCUT2D eigenvalue weighted by molar-refractivity contribution is -0.131. The summed E-state index contributed by atoms with van der Waals surface area (Å²) in [7, 11) is 0. The number of aryl methyl sites for hydroxylation is 1. The summed E-state index contributed by atoms with van der Waals surface area (Å²) in [4.78, 5) is 50.4. The van der Waals surface area contributed by atoms with Crippen molar-refractivity contribution >= 4 is 34.6 Å². The van der Waals surface area contributed by atoms with Gasteiger partial charge < -0.3 is 9.97 Å². The molecule has 2 aromatic rings. The maximum Gasteiger partial charge on any atom is 0.328 e. The molecule has 0 unspecified atom stereocenters. The molecule has 3 rings (SSSR count). The van der Waals surface area contributed by atoms with E-state index in [1.54, 1.807) is 19.1 Å². The van der Waals surface area contributed by atoms with Gasteiger partial charge in [0.25, 0.3) is 11.8 Å². The van der Waals surface area contributed by atoms with E-state index in [1.165, 1.54) is 0 Å². The molecule has 1 fully saturated rings. The van der Waals surface area contributed by atoms with E-state index in [1.807, 2.05) is 10.6 Å². The van der Waals surface area contributed by atoms with Gasteiger partial charge >= 0.3 is 11.7 Å². The Labute approximate surface area is 122 Å². The first-order valence-electron chi connectivity index (χ1n) is 6.23. The fourth-order valence-corrected chi connectivity index (χ4v) is 2.02. The van der Waals surface area contributed by atoms with Gasteiger partial charge in [0.1, 0.15) is 0 Å². The molecule has 1 aliphatic heterocycles. The summed E-state index contributed by atoms with van der Waals surface area (Å²) in [6.07, 6.45) is 0. The SMILES string of the molecule is Cc1cc2[nH]c(=O)[nH]c2cc1/N=N/C1C(=O)NC(=O)NC1=O. The summed E-state index contributed by atoms with van der Waals surface area (Å²) in [5, 5.41) is 11.4. The number of hydrogen-bond donors (Lipinski definition) is 4. The van der Waals surface area contributed by atoms with Gasteiger partial charge in [0, 0.05) is 0 Å². The fraction of sp³-hybridized carbons (Fsp3) is 0.167. The maximum absolute atomic E-state index is 11.5. The number of barbiturate groups is 1. The third-order valence-corrected chi connectivity index (χ3v) is 3.08. The second kappa shape index (κ2) is 4.91. The number of imidazole rings is 1. The van der Waals surface area contributed by atoms with Gasteiger partial charge in [-0.25, -0.2) is 9.59 Å². The minimum Gasteiger partial charge on any atom is -0.306 e. The van der Waals surface area contributed by atoms with E-state index in [4.69, 9.17) is 0 Å². The summed E-state index contributed by atoms with van der Waals surface area (Å²) in [6.45, 7) is 1.74. The van der Waals surface area contributed by atoms with Crippen molar-refractivity contribution < 1.29 is 14.4 Å². The number of rotatable bonds is 2. The molecule has 0 saturated carbocycles. The molecule has 112 valence electrons. The van der Waals surface area contributed by atoms with Gasteiger partial charge in [0.15, 0.2) is 0 Å². The average molecular weight is 302 g/mol. The summed E-state index contributed by atoms with van der Waals surface area (Å²) in [5.41, 5.74) is 1.87. The number of urea groups is 1. The van der Waals surface area contributed by atoms with E-state index < -0.39 is 23.9 Å². The molecule has 2 heterocycles. The van der Waals surface area contributed by atoms with Crippen LogP contribution >= 0.6 is 0 Å². The van der Waals surface area contributed by atoms with Gasteiger partial charge in [0.05, 0.1) is 16.7 Å². The number of carbonyl (C=O) groups excluding carboxylic acids is 3. The van der Waals surface area contributed by atoms with E-state index >= 15 is 0 Å². The van der Waals surface area contributed by atoms with E-state index in [2.05, 4.69) is 20.2 Å². The Morgan fingerprint density at radius 3 is 2.18 bits per heavy atom. The molecule has 0 radical (unpaired) electrons. The Hall–Kier alpha value is -3.30. The number of fused-ring (bicyclic) bond motifs is 1. The lowest BCUT2D eigenvalue weighted by atomic mass is 10.2. The summed E-state index contributed by atoms with van der Waals surface area (Å²) in [6, 6.07) is 0.934. The minimum absolute atomic E-state index is 0.354. The molecule has 0 spiro atoms. The number of azo groups is 1. The van der Waals surface area contributed by atoms with Crippen molar-refractivity contribution in [2.24, 2.45) is 10.2 Å². The molecule has 1 saturated heterocycles. The number of nitrogens with one attached hydrogen (secondary N) is 4. The van der Waals surface area contributed by atoms with Gasteiger partial charge in [-0.05, 0) is 24.6 Å². The number of carbonyl (C=O) groups is 3. The van der Waals surface area contributed by atoms with Crippen LogP contribution in [0, 0.1) is 6.92 Å². The number of H-pyrrole nitrogens is 2. The molecule has 4 amide bonds. The molecule has 1 aromatic carbocycles. The smallest absolute Gasteiger partial charge is 0.306 e. The van der Waals surface area contributed by atoms with E-state index in [0.717, 1.165) is 0 Å². The topological polar surface area (TPSA) is 149 Å². The highest BCUT2D eigenvalue weighted by Crippen LogP contribution is 2.23. The zero-order chi connectivity index (χ0) is 15.9. The minimum atomic E-state index is -1.43. The number of amides is 4. The van der Waals surface area contributed by atoms with E-state index in [0.29, 0.717) is 22.3 Å². The van der Waals surface area contributed by atoms with Crippen molar-refractivity contribution in [3.63, 3.8) is 0 Å². The lowest BCUT2D eigenvalue weighted by Gasteiger charge is -2.16. The summed E-state index contributed by atoms with van der Waals surface area (Å²) < 4.78 is 0. The van der Waals surface area contributed by atoms with Crippen molar-refractivity contribution in [1.29, 1.82) is 0 Å². The van der Waals surface area contributed by atoms with Crippen molar-refractivity contribution in [3.05, 3.63) is 28.2 Å². The number of benzene rings is 1. The Balaban J connectivity index is 1.93. The fourth-order valence-electron chi connectivity index (χ4n) is 2.02. The lowest BCUT2D eigenvalue weighted by Crippen LogP contribution is -2.57. The standard InChI is InChI=1S/C12H10N6O4/c1-4-2-6-7(14-11(21)13-6)3-5(4)17-18-8-9(19)15-12(22)16-10(8)20/h2-3,8H,1H3,(H2,13,14,21)(H2,15,16,19,20,22)/b18-17+. The molecule has 0 bridgehead atoms. The first kappa shape index (κ1) is 13.7. The van der Waals surface area contributed by atoms with Crippen LogP contribution in [0.3, 0.4) is 0 Å². The third-order valence-electron chi connectivity index (χ3n) is 3.08. The Bertz CT molecular complexity index is 873. The molecule has 4 N–H and O–H groups in total. The monoisotopic (exact) mass is 302 g/mol. The van der Waals surface area contributed by atoms with Crippen molar-refractivity contribution in [2.75, 3.05) is 0 Å². The Morgan fingerprint density at radius 2 is 1.55 bits per heavy atom. The number of imide groups is 2. The van der Waals surface area contributed by atoms with Crippen LogP contribution in [-0.2, 0) is 9.59 Å². The first-order valence-corrected chi connectivity index (χ1v) is 6.23. The number of aromatic nitrogens is 2. The molecule has 1 aliphatic rings. The number of aromatic amines is 2. The van der Waals surface area contributed by atoms with Crippen molar-refractivity contribution in [3.8, 4) is 0 Å². The van der Waals surface area contributed by atoms with E-state index in [9.17, 15) is 19.2 Å². The quantitative estimate of drug-likeness (QED) is 0.455. The van der Waals surface area contributed by atoms with Crippen LogP contribution < -0.4 is 16.3 Å². The second-order valence-electron chi connectivity index (χ2n) is 4.69. The molecule has 0 atom stereocenters. The average Bonchev–Trinajstić information content (AvgIpc) is 2.76. The number of nitrogens with zero attached hydrogens (tertiary/aromatic N) is 2. The molecule has 0 aliphatic carbocycles. The van der Waals surface area contributed by atoms with Crippen LogP contribution in [0.15, 0.2) is 27.2 Å². The molecule has 22 heavy (non-hydrogen) atoms. The van der Waals surface area contributed by atoms with Crippen LogP contribution in [0.4, 0.5) is 10.5 Å². The van der Waals surface area contributed by atoms with Gasteiger partial charge in [-0.1, -0.05) is 0 Å². The van der Waals surface area contributed by atoms with Crippen LogP contribution in [0.5, 0.6) is 0 Å². The highest BCUT2D eigenvalue weighted by atomic mass is 16.2. The Kier molecular flexibility index (Phi) is 3.05. The summed E-state index contributed by atoms with van der Waals surface area (Å²) in [5.74, 6) is -1.68. The highest BCUT2D eigenvalue weighted by Gasteiger charge is 2.34. The molecule has 1 aromatic heterocycles. The predicted octanol–water partition coefficient (Wildman–Crippen LogP) is -0.0171. The molecule has 10 heteroatoms.